The second kappa shape index (κ2) is 7.56. The van der Waals surface area contributed by atoms with Gasteiger partial charge in [0.15, 0.2) is 0 Å². The van der Waals surface area contributed by atoms with Crippen molar-refractivity contribution in [3.8, 4) is 0 Å². The maximum Gasteiger partial charge on any atom is 0.274 e. The van der Waals surface area contributed by atoms with Crippen molar-refractivity contribution in [3.63, 3.8) is 0 Å². The number of ether oxygens (including phenoxy) is 1. The Morgan fingerprint density at radius 1 is 1.15 bits per heavy atom. The largest absolute Gasteiger partial charge is 0.378 e. The fraction of sp³-hybridized carbons (Fsp3) is 0.526. The molecule has 0 aliphatic carbocycles. The summed E-state index contributed by atoms with van der Waals surface area (Å²) in [6.45, 7) is 7.98. The average molecular weight is 368 g/mol. The van der Waals surface area contributed by atoms with Gasteiger partial charge in [-0.1, -0.05) is 13.8 Å². The Morgan fingerprint density at radius 2 is 1.96 bits per heavy atom. The van der Waals surface area contributed by atoms with Crippen LogP contribution < -0.4 is 4.90 Å². The number of rotatable bonds is 4. The van der Waals surface area contributed by atoms with Gasteiger partial charge in [-0.3, -0.25) is 9.78 Å². The molecule has 0 aromatic carbocycles. The van der Waals surface area contributed by atoms with Crippen LogP contribution in [0.3, 0.4) is 0 Å². The van der Waals surface area contributed by atoms with Crippen LogP contribution in [0, 0.1) is 5.92 Å². The van der Waals surface area contributed by atoms with Crippen molar-refractivity contribution < 1.29 is 9.53 Å². The Labute approximate surface area is 158 Å². The van der Waals surface area contributed by atoms with Gasteiger partial charge in [0.2, 0.25) is 0 Å². The number of carbonyl (C=O) groups is 1. The molecule has 0 unspecified atom stereocenters. The topological polar surface area (TPSA) is 84.3 Å². The molecular formula is C19H24N6O2. The second-order valence-electron chi connectivity index (χ2n) is 7.38. The van der Waals surface area contributed by atoms with Crippen LogP contribution in [0.25, 0.3) is 0 Å². The molecule has 2 aromatic heterocycles. The van der Waals surface area contributed by atoms with Gasteiger partial charge >= 0.3 is 0 Å². The van der Waals surface area contributed by atoms with Gasteiger partial charge in [0.05, 0.1) is 37.8 Å². The standard InChI is InChI=1S/C19H24N6O2/c1-13(2)7-17-21-8-14-11-25(12-16(14)22-17)18-10-20-9-15(23-18)19(26)24-3-5-27-6-4-24/h8-10,13H,3-7,11-12H2,1-2H3. The van der Waals surface area contributed by atoms with Gasteiger partial charge in [-0.25, -0.2) is 15.0 Å². The number of fused-ring (bicyclic) bond motifs is 1. The van der Waals surface area contributed by atoms with Crippen molar-refractivity contribution >= 4 is 11.7 Å². The number of hydrogen-bond acceptors (Lipinski definition) is 7. The quantitative estimate of drug-likeness (QED) is 0.808. The normalized spacial score (nSPS) is 16.7. The van der Waals surface area contributed by atoms with Crippen molar-refractivity contribution in [3.05, 3.63) is 41.4 Å². The molecule has 2 aromatic rings. The maximum atomic E-state index is 12.7. The van der Waals surface area contributed by atoms with E-state index in [0.29, 0.717) is 56.8 Å². The number of anilines is 1. The van der Waals surface area contributed by atoms with Crippen molar-refractivity contribution in [2.75, 3.05) is 31.2 Å². The van der Waals surface area contributed by atoms with Gasteiger partial charge < -0.3 is 14.5 Å². The van der Waals surface area contributed by atoms with E-state index in [1.54, 1.807) is 11.1 Å². The van der Waals surface area contributed by atoms with Crippen molar-refractivity contribution in [2.45, 2.75) is 33.4 Å². The molecule has 0 N–H and O–H groups in total. The number of hydrogen-bond donors (Lipinski definition) is 0. The van der Waals surface area contributed by atoms with Crippen molar-refractivity contribution in [2.24, 2.45) is 5.92 Å². The molecule has 0 bridgehead atoms. The van der Waals surface area contributed by atoms with Crippen LogP contribution in [0.5, 0.6) is 0 Å². The summed E-state index contributed by atoms with van der Waals surface area (Å²) >= 11 is 0. The molecule has 0 spiro atoms. The Kier molecular flexibility index (Phi) is 4.98. The number of carbonyl (C=O) groups excluding carboxylic acids is 1. The minimum Gasteiger partial charge on any atom is -0.378 e. The smallest absolute Gasteiger partial charge is 0.274 e. The highest BCUT2D eigenvalue weighted by Gasteiger charge is 2.25. The van der Waals surface area contributed by atoms with Gasteiger partial charge in [0.25, 0.3) is 5.91 Å². The van der Waals surface area contributed by atoms with E-state index in [1.807, 2.05) is 6.20 Å². The molecule has 2 aliphatic heterocycles. The van der Waals surface area contributed by atoms with E-state index in [9.17, 15) is 4.79 Å². The molecule has 8 nitrogen and oxygen atoms in total. The number of aromatic nitrogens is 4. The lowest BCUT2D eigenvalue weighted by molar-refractivity contribution is 0.0299. The minimum absolute atomic E-state index is 0.0941. The summed E-state index contributed by atoms with van der Waals surface area (Å²) in [6.07, 6.45) is 6.02. The molecule has 0 saturated carbocycles. The van der Waals surface area contributed by atoms with Crippen LogP contribution in [0.2, 0.25) is 0 Å². The van der Waals surface area contributed by atoms with Crippen molar-refractivity contribution in [1.29, 1.82) is 0 Å². The summed E-state index contributed by atoms with van der Waals surface area (Å²) < 4.78 is 5.31. The summed E-state index contributed by atoms with van der Waals surface area (Å²) in [5.74, 6) is 2.00. The highest BCUT2D eigenvalue weighted by Crippen LogP contribution is 2.25. The zero-order valence-corrected chi connectivity index (χ0v) is 15.8. The van der Waals surface area contributed by atoms with E-state index in [1.165, 1.54) is 6.20 Å². The fourth-order valence-corrected chi connectivity index (χ4v) is 3.36. The average Bonchev–Trinajstić information content (AvgIpc) is 3.11. The van der Waals surface area contributed by atoms with Gasteiger partial charge in [-0.15, -0.1) is 0 Å². The third-order valence-electron chi connectivity index (χ3n) is 4.76. The molecular weight excluding hydrogens is 344 g/mol. The van der Waals surface area contributed by atoms with Gasteiger partial charge in [-0.05, 0) is 5.92 Å². The van der Waals surface area contributed by atoms with E-state index in [-0.39, 0.29) is 5.91 Å². The lowest BCUT2D eigenvalue weighted by Gasteiger charge is -2.26. The van der Waals surface area contributed by atoms with E-state index in [4.69, 9.17) is 9.72 Å². The molecule has 2 aliphatic rings. The van der Waals surface area contributed by atoms with Crippen LogP contribution in [-0.4, -0.2) is 57.0 Å². The first kappa shape index (κ1) is 17.8. The van der Waals surface area contributed by atoms with Crippen LogP contribution in [0.15, 0.2) is 18.6 Å². The predicted octanol–water partition coefficient (Wildman–Crippen LogP) is 1.46. The zero-order valence-electron chi connectivity index (χ0n) is 15.8. The number of amides is 1. The fourth-order valence-electron chi connectivity index (χ4n) is 3.36. The maximum absolute atomic E-state index is 12.7. The second-order valence-corrected chi connectivity index (χ2v) is 7.38. The first-order valence-corrected chi connectivity index (χ1v) is 9.38. The molecule has 142 valence electrons. The Bertz CT molecular complexity index is 835. The Morgan fingerprint density at radius 3 is 2.74 bits per heavy atom. The third kappa shape index (κ3) is 3.90. The number of morpholine rings is 1. The van der Waals surface area contributed by atoms with Crippen molar-refractivity contribution in [1.82, 2.24) is 24.8 Å². The molecule has 4 heterocycles. The summed E-state index contributed by atoms with van der Waals surface area (Å²) in [6, 6.07) is 0. The number of nitrogens with zero attached hydrogens (tertiary/aromatic N) is 6. The molecule has 1 fully saturated rings. The minimum atomic E-state index is -0.0941. The molecule has 27 heavy (non-hydrogen) atoms. The summed E-state index contributed by atoms with van der Waals surface area (Å²) in [5.41, 5.74) is 2.51. The molecule has 4 rings (SSSR count). The molecule has 1 saturated heterocycles. The molecule has 0 atom stereocenters. The first-order valence-electron chi connectivity index (χ1n) is 9.38. The monoisotopic (exact) mass is 368 g/mol. The summed E-state index contributed by atoms with van der Waals surface area (Å²) in [7, 11) is 0. The summed E-state index contributed by atoms with van der Waals surface area (Å²) in [5, 5.41) is 0. The predicted molar refractivity (Wildman–Crippen MR) is 99.2 cm³/mol. The molecule has 8 heteroatoms. The van der Waals surface area contributed by atoms with Crippen LogP contribution in [0.1, 0.15) is 41.4 Å². The highest BCUT2D eigenvalue weighted by molar-refractivity contribution is 5.92. The van der Waals surface area contributed by atoms with Crippen LogP contribution in [-0.2, 0) is 24.2 Å². The Balaban J connectivity index is 1.50. The van der Waals surface area contributed by atoms with E-state index in [0.717, 1.165) is 23.5 Å². The lowest BCUT2D eigenvalue weighted by atomic mass is 10.1. The van der Waals surface area contributed by atoms with Gasteiger partial charge in [0.1, 0.15) is 17.3 Å². The lowest BCUT2D eigenvalue weighted by Crippen LogP contribution is -2.41. The zero-order chi connectivity index (χ0) is 18.8. The summed E-state index contributed by atoms with van der Waals surface area (Å²) in [4.78, 5) is 34.5. The van der Waals surface area contributed by atoms with E-state index < -0.39 is 0 Å². The SMILES string of the molecule is CC(C)Cc1ncc2c(n1)CN(c1cncc(C(=O)N3CCOCC3)n1)C2. The van der Waals surface area contributed by atoms with E-state index in [2.05, 4.69) is 33.7 Å². The highest BCUT2D eigenvalue weighted by atomic mass is 16.5. The first-order chi connectivity index (χ1) is 13.1. The van der Waals surface area contributed by atoms with Crippen LogP contribution in [0.4, 0.5) is 5.82 Å². The Hall–Kier alpha value is -2.61. The van der Waals surface area contributed by atoms with E-state index >= 15 is 0 Å². The van der Waals surface area contributed by atoms with Gasteiger partial charge in [0, 0.05) is 37.8 Å². The molecule has 0 radical (unpaired) electrons. The molecule has 1 amide bonds. The third-order valence-corrected chi connectivity index (χ3v) is 4.76. The van der Waals surface area contributed by atoms with Crippen LogP contribution >= 0.6 is 0 Å². The van der Waals surface area contributed by atoms with Gasteiger partial charge in [-0.2, -0.15) is 0 Å².